The Balaban J connectivity index is 1.67. The zero-order valence-corrected chi connectivity index (χ0v) is 23.9. The minimum atomic E-state index is -0.683. The zero-order chi connectivity index (χ0) is 27.4. The van der Waals surface area contributed by atoms with E-state index in [2.05, 4.69) is 33.8 Å². The largest absolute Gasteiger partial charge is 0.469 e. The molecule has 200 valence electrons. The number of Topliss-reactive ketones (excluding diaryl/α,β-unsaturated/α-hetero) is 1. The molecule has 0 aromatic carbocycles. The summed E-state index contributed by atoms with van der Waals surface area (Å²) < 4.78 is 5.23. The Labute approximate surface area is 222 Å². The number of carbonyl (C=O) groups excluding carboxylic acids is 3. The van der Waals surface area contributed by atoms with Crippen LogP contribution in [-0.2, 0) is 19.1 Å². The summed E-state index contributed by atoms with van der Waals surface area (Å²) in [5.41, 5.74) is -0.770. The van der Waals surface area contributed by atoms with E-state index in [-0.39, 0.29) is 57.1 Å². The van der Waals surface area contributed by atoms with Gasteiger partial charge in [-0.1, -0.05) is 53.2 Å². The maximum atomic E-state index is 14.3. The normalized spacial score (nSPS) is 48.2. The van der Waals surface area contributed by atoms with Gasteiger partial charge in [0.1, 0.15) is 6.07 Å². The number of nitriles is 1. The molecule has 3 fully saturated rings. The number of ketones is 2. The summed E-state index contributed by atoms with van der Waals surface area (Å²) in [5.74, 6) is -0.227. The molecule has 0 radical (unpaired) electrons. The van der Waals surface area contributed by atoms with Gasteiger partial charge in [0.2, 0.25) is 0 Å². The van der Waals surface area contributed by atoms with Gasteiger partial charge in [0, 0.05) is 16.7 Å². The van der Waals surface area contributed by atoms with Crippen LogP contribution in [0.5, 0.6) is 0 Å². The maximum absolute atomic E-state index is 14.3. The van der Waals surface area contributed by atoms with Crippen LogP contribution in [0, 0.1) is 61.6 Å². The number of fused-ring (bicyclic) bond motifs is 7. The van der Waals surface area contributed by atoms with Crippen molar-refractivity contribution in [3.8, 4) is 6.07 Å². The highest BCUT2D eigenvalue weighted by atomic mass is 16.5. The molecule has 0 aromatic heterocycles. The van der Waals surface area contributed by atoms with Gasteiger partial charge in [-0.2, -0.15) is 5.26 Å². The minimum Gasteiger partial charge on any atom is -0.469 e. The summed E-state index contributed by atoms with van der Waals surface area (Å²) in [6, 6.07) is 2.16. The van der Waals surface area contributed by atoms with Gasteiger partial charge in [0.15, 0.2) is 11.6 Å². The lowest BCUT2D eigenvalue weighted by atomic mass is 9.34. The first-order valence-electron chi connectivity index (χ1n) is 14.1. The van der Waals surface area contributed by atoms with Crippen molar-refractivity contribution in [3.63, 3.8) is 0 Å². The molecule has 2 unspecified atom stereocenters. The highest BCUT2D eigenvalue weighted by Crippen LogP contribution is 2.74. The Bertz CT molecular complexity index is 1200. The Morgan fingerprint density at radius 1 is 1.00 bits per heavy atom. The number of nitrogens with zero attached hydrogens (tertiary/aromatic N) is 1. The quantitative estimate of drug-likeness (QED) is 0.386. The van der Waals surface area contributed by atoms with Crippen LogP contribution in [0.3, 0.4) is 0 Å². The molecule has 0 aromatic rings. The van der Waals surface area contributed by atoms with E-state index in [0.717, 1.165) is 38.5 Å². The van der Waals surface area contributed by atoms with Gasteiger partial charge in [-0.05, 0) is 86.0 Å². The Morgan fingerprint density at radius 3 is 2.27 bits per heavy atom. The Kier molecular flexibility index (Phi) is 5.47. The van der Waals surface area contributed by atoms with Crippen molar-refractivity contribution in [1.29, 1.82) is 5.26 Å². The molecule has 5 aliphatic carbocycles. The topological polar surface area (TPSA) is 84.2 Å². The fourth-order valence-electron chi connectivity index (χ4n) is 10.2. The van der Waals surface area contributed by atoms with E-state index >= 15 is 0 Å². The average molecular weight is 506 g/mol. The van der Waals surface area contributed by atoms with E-state index in [0.29, 0.717) is 6.42 Å². The summed E-state index contributed by atoms with van der Waals surface area (Å²) >= 11 is 0. The molecule has 5 heteroatoms. The van der Waals surface area contributed by atoms with Crippen LogP contribution in [0.2, 0.25) is 0 Å². The highest BCUT2D eigenvalue weighted by Gasteiger charge is 2.70. The van der Waals surface area contributed by atoms with Gasteiger partial charge in [0.25, 0.3) is 0 Å². The molecular weight excluding hydrogens is 462 g/mol. The SMILES string of the molecule is COC(=O)[C@@]1(C)CC[C@]2(C)CC[C@]3(C)C(=CC(=O)[C@@H]4C5(C)C=C(C#N)C(=O)C(C)(C)[C@@H]5CCC43C)[C@@H]2C1. The third kappa shape index (κ3) is 3.11. The molecule has 0 heterocycles. The van der Waals surface area contributed by atoms with E-state index in [1.165, 1.54) is 12.7 Å². The molecular formula is C32H43NO4. The Hall–Kier alpha value is -2.22. The summed E-state index contributed by atoms with van der Waals surface area (Å²) in [4.78, 5) is 40.4. The summed E-state index contributed by atoms with van der Waals surface area (Å²) in [6.07, 6.45) is 10.1. The molecule has 0 bridgehead atoms. The third-order valence-electron chi connectivity index (χ3n) is 12.7. The van der Waals surface area contributed by atoms with Gasteiger partial charge in [0.05, 0.1) is 18.1 Å². The van der Waals surface area contributed by atoms with Crippen molar-refractivity contribution >= 4 is 17.5 Å². The monoisotopic (exact) mass is 505 g/mol. The summed E-state index contributed by atoms with van der Waals surface area (Å²) in [7, 11) is 1.47. The van der Waals surface area contributed by atoms with E-state index in [1.54, 1.807) is 0 Å². The molecule has 5 aliphatic rings. The van der Waals surface area contributed by atoms with Crippen molar-refractivity contribution in [1.82, 2.24) is 0 Å². The molecule has 8 atom stereocenters. The van der Waals surface area contributed by atoms with E-state index in [9.17, 15) is 19.6 Å². The van der Waals surface area contributed by atoms with Crippen LogP contribution in [-0.4, -0.2) is 24.6 Å². The number of hydrogen-bond donors (Lipinski definition) is 0. The van der Waals surface area contributed by atoms with Crippen LogP contribution < -0.4 is 0 Å². The minimum absolute atomic E-state index is 0.0105. The van der Waals surface area contributed by atoms with E-state index in [1.807, 2.05) is 32.9 Å². The van der Waals surface area contributed by atoms with Crippen molar-refractivity contribution in [2.45, 2.75) is 93.4 Å². The standard InChI is InChI=1S/C32H43NO4/c1-27(2)23-9-10-32(7)24(30(23,5)16-19(18-33)25(27)35)22(34)15-20-21-17-29(4,26(36)37-8)12-11-28(21,3)13-14-31(20,32)6/h15-16,21,23-24H,9-14,17H2,1-8H3/t21-,23-,24+,28+,29-,30?,31+,32?/m0/s1. The van der Waals surface area contributed by atoms with E-state index in [4.69, 9.17) is 4.74 Å². The molecule has 37 heavy (non-hydrogen) atoms. The van der Waals surface area contributed by atoms with Crippen LogP contribution >= 0.6 is 0 Å². The lowest BCUT2D eigenvalue weighted by Crippen LogP contribution is -2.65. The average Bonchev–Trinajstić information content (AvgIpc) is 2.83. The first-order chi connectivity index (χ1) is 17.0. The second kappa shape index (κ2) is 7.67. The molecule has 5 nitrogen and oxygen atoms in total. The predicted octanol–water partition coefficient (Wildman–Crippen LogP) is 6.38. The van der Waals surface area contributed by atoms with Crippen LogP contribution in [0.4, 0.5) is 0 Å². The van der Waals surface area contributed by atoms with Crippen LogP contribution in [0.25, 0.3) is 0 Å². The highest BCUT2D eigenvalue weighted by molar-refractivity contribution is 6.05. The number of esters is 1. The summed E-state index contributed by atoms with van der Waals surface area (Å²) in [6.45, 7) is 15.1. The van der Waals surface area contributed by atoms with Crippen molar-refractivity contribution in [3.05, 3.63) is 23.3 Å². The van der Waals surface area contributed by atoms with Gasteiger partial charge >= 0.3 is 5.97 Å². The molecule has 5 rings (SSSR count). The van der Waals surface area contributed by atoms with Gasteiger partial charge in [-0.25, -0.2) is 0 Å². The third-order valence-corrected chi connectivity index (χ3v) is 12.7. The second-order valence-corrected chi connectivity index (χ2v) is 14.8. The molecule has 0 amide bonds. The lowest BCUT2D eigenvalue weighted by molar-refractivity contribution is -0.172. The van der Waals surface area contributed by atoms with Crippen molar-refractivity contribution in [2.75, 3.05) is 7.11 Å². The first-order valence-corrected chi connectivity index (χ1v) is 14.1. The van der Waals surface area contributed by atoms with Gasteiger partial charge in [-0.15, -0.1) is 0 Å². The fourth-order valence-corrected chi connectivity index (χ4v) is 10.2. The number of allylic oxidation sites excluding steroid dienone is 4. The first kappa shape index (κ1) is 26.4. The molecule has 0 spiro atoms. The van der Waals surface area contributed by atoms with Crippen LogP contribution in [0.1, 0.15) is 93.4 Å². The fraction of sp³-hybridized carbons (Fsp3) is 0.750. The number of methoxy groups -OCH3 is 1. The molecule has 0 N–H and O–H groups in total. The molecule has 0 saturated heterocycles. The smallest absolute Gasteiger partial charge is 0.311 e. The number of ether oxygens (including phenoxy) is 1. The number of hydrogen-bond acceptors (Lipinski definition) is 5. The van der Waals surface area contributed by atoms with Gasteiger partial charge < -0.3 is 4.74 Å². The number of rotatable bonds is 1. The van der Waals surface area contributed by atoms with E-state index < -0.39 is 16.2 Å². The Morgan fingerprint density at radius 2 is 1.65 bits per heavy atom. The molecule has 0 aliphatic heterocycles. The zero-order valence-electron chi connectivity index (χ0n) is 23.9. The maximum Gasteiger partial charge on any atom is 0.311 e. The van der Waals surface area contributed by atoms with Crippen molar-refractivity contribution in [2.24, 2.45) is 50.2 Å². The van der Waals surface area contributed by atoms with Gasteiger partial charge in [-0.3, -0.25) is 14.4 Å². The summed E-state index contributed by atoms with van der Waals surface area (Å²) in [5, 5.41) is 9.86. The molecule has 3 saturated carbocycles. The van der Waals surface area contributed by atoms with Crippen LogP contribution in [0.15, 0.2) is 23.3 Å². The lowest BCUT2D eigenvalue weighted by Gasteiger charge is -2.69. The second-order valence-electron chi connectivity index (χ2n) is 14.8. The van der Waals surface area contributed by atoms with Crippen molar-refractivity contribution < 1.29 is 19.1 Å². The predicted molar refractivity (Wildman–Crippen MR) is 141 cm³/mol. The number of carbonyl (C=O) groups is 3.